The molecule has 0 aliphatic rings. The minimum atomic E-state index is 0.673. The second kappa shape index (κ2) is 6.73. The quantitative estimate of drug-likeness (QED) is 0.862. The van der Waals surface area contributed by atoms with Crippen molar-refractivity contribution < 1.29 is 4.74 Å². The molecule has 1 aromatic heterocycles. The Morgan fingerprint density at radius 3 is 2.58 bits per heavy atom. The SMILES string of the molecule is CCCNc1ccnc(-c2ccc(OCC)cc2)n1. The number of rotatable bonds is 6. The van der Waals surface area contributed by atoms with E-state index in [0.717, 1.165) is 35.9 Å². The van der Waals surface area contributed by atoms with Gasteiger partial charge < -0.3 is 10.1 Å². The summed E-state index contributed by atoms with van der Waals surface area (Å²) in [6.45, 7) is 5.69. The molecule has 100 valence electrons. The maximum atomic E-state index is 5.42. The van der Waals surface area contributed by atoms with E-state index in [-0.39, 0.29) is 0 Å². The van der Waals surface area contributed by atoms with Crippen LogP contribution in [0.2, 0.25) is 0 Å². The molecule has 2 rings (SSSR count). The molecule has 4 heteroatoms. The first-order chi connectivity index (χ1) is 9.33. The van der Waals surface area contributed by atoms with Crippen LogP contribution in [0.15, 0.2) is 36.5 Å². The summed E-state index contributed by atoms with van der Waals surface area (Å²) in [4.78, 5) is 8.79. The Bertz CT molecular complexity index is 511. The number of hydrogen-bond acceptors (Lipinski definition) is 4. The van der Waals surface area contributed by atoms with Crippen molar-refractivity contribution in [2.75, 3.05) is 18.5 Å². The number of ether oxygens (including phenoxy) is 1. The number of hydrogen-bond donors (Lipinski definition) is 1. The summed E-state index contributed by atoms with van der Waals surface area (Å²) < 4.78 is 5.42. The van der Waals surface area contributed by atoms with Gasteiger partial charge in [-0.1, -0.05) is 6.92 Å². The van der Waals surface area contributed by atoms with Crippen LogP contribution in [0.3, 0.4) is 0 Å². The monoisotopic (exact) mass is 257 g/mol. The molecule has 0 fully saturated rings. The van der Waals surface area contributed by atoms with Crippen LogP contribution in [-0.4, -0.2) is 23.1 Å². The second-order valence-corrected chi connectivity index (χ2v) is 4.15. The third-order valence-corrected chi connectivity index (χ3v) is 2.64. The third-order valence-electron chi connectivity index (χ3n) is 2.64. The molecule has 0 atom stereocenters. The predicted molar refractivity (Wildman–Crippen MR) is 77.4 cm³/mol. The first-order valence-electron chi connectivity index (χ1n) is 6.63. The van der Waals surface area contributed by atoms with Gasteiger partial charge in [0.25, 0.3) is 0 Å². The summed E-state index contributed by atoms with van der Waals surface area (Å²) in [6.07, 6.45) is 2.85. The first-order valence-corrected chi connectivity index (χ1v) is 6.63. The van der Waals surface area contributed by atoms with E-state index in [9.17, 15) is 0 Å². The highest BCUT2D eigenvalue weighted by molar-refractivity contribution is 5.57. The predicted octanol–water partition coefficient (Wildman–Crippen LogP) is 3.36. The molecule has 0 saturated carbocycles. The topological polar surface area (TPSA) is 47.0 Å². The zero-order valence-corrected chi connectivity index (χ0v) is 11.4. The lowest BCUT2D eigenvalue weighted by molar-refractivity contribution is 0.340. The third kappa shape index (κ3) is 3.68. The summed E-state index contributed by atoms with van der Waals surface area (Å²) in [5, 5.41) is 3.26. The molecule has 2 aromatic rings. The zero-order valence-electron chi connectivity index (χ0n) is 11.4. The highest BCUT2D eigenvalue weighted by Crippen LogP contribution is 2.20. The Balaban J connectivity index is 2.16. The van der Waals surface area contributed by atoms with Crippen LogP contribution in [0.1, 0.15) is 20.3 Å². The molecule has 19 heavy (non-hydrogen) atoms. The number of nitrogens with one attached hydrogen (secondary N) is 1. The summed E-state index contributed by atoms with van der Waals surface area (Å²) in [6, 6.07) is 9.71. The maximum absolute atomic E-state index is 5.42. The normalized spacial score (nSPS) is 10.2. The lowest BCUT2D eigenvalue weighted by Gasteiger charge is -2.07. The van der Waals surface area contributed by atoms with E-state index in [1.54, 1.807) is 6.20 Å². The van der Waals surface area contributed by atoms with Gasteiger partial charge in [0.1, 0.15) is 11.6 Å². The second-order valence-electron chi connectivity index (χ2n) is 4.15. The van der Waals surface area contributed by atoms with E-state index >= 15 is 0 Å². The van der Waals surface area contributed by atoms with Crippen LogP contribution in [0.25, 0.3) is 11.4 Å². The average molecular weight is 257 g/mol. The molecule has 1 N–H and O–H groups in total. The van der Waals surface area contributed by atoms with E-state index in [2.05, 4.69) is 22.2 Å². The molecule has 0 saturated heterocycles. The van der Waals surface area contributed by atoms with Gasteiger partial charge in [-0.25, -0.2) is 9.97 Å². The molecule has 1 aromatic carbocycles. The van der Waals surface area contributed by atoms with Crippen molar-refractivity contribution in [1.29, 1.82) is 0 Å². The summed E-state index contributed by atoms with van der Waals surface area (Å²) in [5.41, 5.74) is 0.989. The maximum Gasteiger partial charge on any atom is 0.161 e. The van der Waals surface area contributed by atoms with E-state index < -0.39 is 0 Å². The van der Waals surface area contributed by atoms with Crippen LogP contribution in [0, 0.1) is 0 Å². The number of nitrogens with zero attached hydrogens (tertiary/aromatic N) is 2. The standard InChI is InChI=1S/C15H19N3O/c1-3-10-16-14-9-11-17-15(18-14)12-5-7-13(8-6-12)19-4-2/h5-9,11H,3-4,10H2,1-2H3,(H,16,17,18). The number of anilines is 1. The van der Waals surface area contributed by atoms with E-state index in [4.69, 9.17) is 4.74 Å². The van der Waals surface area contributed by atoms with Crippen LogP contribution in [0.4, 0.5) is 5.82 Å². The van der Waals surface area contributed by atoms with Crippen molar-refractivity contribution in [3.8, 4) is 17.1 Å². The number of aromatic nitrogens is 2. The molecule has 0 amide bonds. The van der Waals surface area contributed by atoms with Gasteiger partial charge in [-0.2, -0.15) is 0 Å². The van der Waals surface area contributed by atoms with Gasteiger partial charge in [-0.05, 0) is 43.7 Å². The van der Waals surface area contributed by atoms with Crippen molar-refractivity contribution in [2.45, 2.75) is 20.3 Å². The van der Waals surface area contributed by atoms with Gasteiger partial charge in [0.05, 0.1) is 6.61 Å². The van der Waals surface area contributed by atoms with E-state index in [0.29, 0.717) is 6.61 Å². The molecule has 0 aliphatic heterocycles. The Hall–Kier alpha value is -2.10. The van der Waals surface area contributed by atoms with Crippen molar-refractivity contribution in [2.24, 2.45) is 0 Å². The van der Waals surface area contributed by atoms with Crippen LogP contribution < -0.4 is 10.1 Å². The molecule has 0 bridgehead atoms. The minimum Gasteiger partial charge on any atom is -0.494 e. The van der Waals surface area contributed by atoms with Gasteiger partial charge >= 0.3 is 0 Å². The Kier molecular flexibility index (Phi) is 4.72. The van der Waals surface area contributed by atoms with E-state index in [1.807, 2.05) is 37.3 Å². The Morgan fingerprint density at radius 2 is 1.89 bits per heavy atom. The molecule has 0 unspecified atom stereocenters. The van der Waals surface area contributed by atoms with E-state index in [1.165, 1.54) is 0 Å². The summed E-state index contributed by atoms with van der Waals surface area (Å²) in [5.74, 6) is 2.45. The average Bonchev–Trinajstić information content (AvgIpc) is 2.46. The van der Waals surface area contributed by atoms with Crippen LogP contribution in [0.5, 0.6) is 5.75 Å². The van der Waals surface area contributed by atoms with Gasteiger partial charge in [0.15, 0.2) is 5.82 Å². The fourth-order valence-electron chi connectivity index (χ4n) is 1.72. The van der Waals surface area contributed by atoms with Crippen molar-refractivity contribution in [3.63, 3.8) is 0 Å². The molecule has 1 heterocycles. The molecule has 0 radical (unpaired) electrons. The van der Waals surface area contributed by atoms with Gasteiger partial charge in [-0.3, -0.25) is 0 Å². The lowest BCUT2D eigenvalue weighted by Crippen LogP contribution is -2.03. The first kappa shape index (κ1) is 13.3. The molecular weight excluding hydrogens is 238 g/mol. The summed E-state index contributed by atoms with van der Waals surface area (Å²) in [7, 11) is 0. The van der Waals surface area contributed by atoms with Crippen molar-refractivity contribution in [3.05, 3.63) is 36.5 Å². The highest BCUT2D eigenvalue weighted by Gasteiger charge is 2.03. The van der Waals surface area contributed by atoms with Crippen molar-refractivity contribution >= 4 is 5.82 Å². The molecule has 4 nitrogen and oxygen atoms in total. The fraction of sp³-hybridized carbons (Fsp3) is 0.333. The van der Waals surface area contributed by atoms with Gasteiger partial charge in [-0.15, -0.1) is 0 Å². The highest BCUT2D eigenvalue weighted by atomic mass is 16.5. The van der Waals surface area contributed by atoms with Crippen LogP contribution in [-0.2, 0) is 0 Å². The smallest absolute Gasteiger partial charge is 0.161 e. The Morgan fingerprint density at radius 1 is 1.11 bits per heavy atom. The molecule has 0 aliphatic carbocycles. The van der Waals surface area contributed by atoms with Crippen molar-refractivity contribution in [1.82, 2.24) is 9.97 Å². The fourth-order valence-corrected chi connectivity index (χ4v) is 1.72. The van der Waals surface area contributed by atoms with Crippen LogP contribution >= 0.6 is 0 Å². The largest absolute Gasteiger partial charge is 0.494 e. The minimum absolute atomic E-state index is 0.673. The zero-order chi connectivity index (χ0) is 13.5. The van der Waals surface area contributed by atoms with Gasteiger partial charge in [0.2, 0.25) is 0 Å². The number of benzene rings is 1. The Labute approximate surface area is 113 Å². The lowest BCUT2D eigenvalue weighted by atomic mass is 10.2. The summed E-state index contributed by atoms with van der Waals surface area (Å²) >= 11 is 0. The molecular formula is C15H19N3O. The molecule has 0 spiro atoms. The van der Waals surface area contributed by atoms with Gasteiger partial charge in [0, 0.05) is 18.3 Å².